The number of phenols is 2. The summed E-state index contributed by atoms with van der Waals surface area (Å²) in [5.41, 5.74) is -3.23. The second-order valence-electron chi connectivity index (χ2n) is 16.6. The Morgan fingerprint density at radius 2 is 1.14 bits per heavy atom. The number of aliphatic hydroxyl groups is 4. The molecule has 4 atom stereocenters. The minimum absolute atomic E-state index is 0.0688. The molecular weight excluding hydrogens is 869 g/mol. The average molecular weight is 903 g/mol. The first-order valence-electron chi connectivity index (χ1n) is 20.5. The van der Waals surface area contributed by atoms with E-state index in [1.807, 2.05) is 0 Å². The van der Waals surface area contributed by atoms with Gasteiger partial charge in [-0.15, -0.1) is 0 Å². The Kier molecular flexibility index (Phi) is 8.44. The Bertz CT molecular complexity index is 3440. The van der Waals surface area contributed by atoms with E-state index < -0.39 is 86.6 Å². The molecule has 20 heteroatoms. The van der Waals surface area contributed by atoms with Gasteiger partial charge in [-0.1, -0.05) is 24.3 Å². The fourth-order valence-corrected chi connectivity index (χ4v) is 10.4. The van der Waals surface area contributed by atoms with Crippen molar-refractivity contribution in [2.24, 2.45) is 0 Å². The number of hydrogen-bond donors (Lipinski definition) is 6. The largest absolute Gasteiger partial charge is 0.507 e. The predicted molar refractivity (Wildman–Crippen MR) is 224 cm³/mol. The lowest BCUT2D eigenvalue weighted by molar-refractivity contribution is -0.170. The summed E-state index contributed by atoms with van der Waals surface area (Å²) in [5, 5.41) is 66.6. The van der Waals surface area contributed by atoms with Gasteiger partial charge in [-0.3, -0.25) is 9.59 Å². The van der Waals surface area contributed by atoms with Crippen molar-refractivity contribution >= 4 is 56.8 Å². The molecule has 0 spiro atoms. The number of esters is 2. The molecule has 6 heterocycles. The molecule has 0 saturated heterocycles. The highest BCUT2D eigenvalue weighted by Crippen LogP contribution is 2.56. The zero-order valence-electron chi connectivity index (χ0n) is 34.5. The zero-order chi connectivity index (χ0) is 46.5. The molecule has 2 fully saturated rings. The van der Waals surface area contributed by atoms with Crippen LogP contribution in [0.15, 0.2) is 78.3 Å². The van der Waals surface area contributed by atoms with Crippen molar-refractivity contribution < 1.29 is 77.8 Å². The Balaban J connectivity index is 0.000000146. The van der Waals surface area contributed by atoms with Crippen LogP contribution in [0.5, 0.6) is 23.0 Å². The Morgan fingerprint density at radius 1 is 0.652 bits per heavy atom. The molecule has 2 aliphatic carbocycles. The smallest absolute Gasteiger partial charge is 0.365 e. The molecule has 4 aromatic carbocycles. The molecule has 0 radical (unpaired) electrons. The number of Topliss-reactive ketones (excluding diaryl/α,β-unsaturated/α-hetero) is 2. The van der Waals surface area contributed by atoms with Gasteiger partial charge >= 0.3 is 23.2 Å². The second-order valence-corrected chi connectivity index (χ2v) is 16.6. The van der Waals surface area contributed by atoms with Crippen molar-refractivity contribution in [1.29, 1.82) is 0 Å². The van der Waals surface area contributed by atoms with Gasteiger partial charge in [-0.2, -0.15) is 0 Å². The van der Waals surface area contributed by atoms with Gasteiger partial charge < -0.3 is 58.6 Å². The molecule has 66 heavy (non-hydrogen) atoms. The summed E-state index contributed by atoms with van der Waals surface area (Å²) in [6.07, 6.45) is -3.35. The highest BCUT2D eigenvalue weighted by molar-refractivity contribution is 6.14. The van der Waals surface area contributed by atoms with Crippen LogP contribution in [0.2, 0.25) is 0 Å². The minimum Gasteiger partial charge on any atom is -0.507 e. The molecule has 0 amide bonds. The summed E-state index contributed by atoms with van der Waals surface area (Å²) < 4.78 is 35.2. The van der Waals surface area contributed by atoms with Crippen LogP contribution in [-0.4, -0.2) is 101 Å². The topological polar surface area (TPSA) is 297 Å². The SMILES string of the molecule is COC(=O)C12Oc3c(c(O)cc4c3-c3cccc5c(=O)on(c35)C4)C(O)=C1C(=O)CC[C@@H]2O.COC(=O)C12Oc3cc4c(c(O)c3C(O)=C1C(=O)CC[C@@H]2O)-c1cccc2c(=O)on(c12)C4. The third-order valence-corrected chi connectivity index (χ3v) is 13.2. The van der Waals surface area contributed by atoms with Crippen molar-refractivity contribution in [1.82, 2.24) is 9.48 Å². The van der Waals surface area contributed by atoms with E-state index in [2.05, 4.69) is 0 Å². The third kappa shape index (κ3) is 4.98. The number of aromatic nitrogens is 2. The van der Waals surface area contributed by atoms with Crippen molar-refractivity contribution in [2.45, 2.75) is 62.2 Å². The maximum Gasteiger partial charge on any atom is 0.365 e. The summed E-state index contributed by atoms with van der Waals surface area (Å²) >= 11 is 0. The van der Waals surface area contributed by atoms with Crippen molar-refractivity contribution in [3.8, 4) is 45.3 Å². The molecular formula is C46H34N2O18. The lowest BCUT2D eigenvalue weighted by atomic mass is 9.73. The number of phenolic OH excluding ortho intramolecular Hbond substituents is 2. The molecule has 12 rings (SSSR count). The fraction of sp³-hybridized carbons (Fsp3) is 0.261. The lowest BCUT2D eigenvalue weighted by Crippen LogP contribution is -2.61. The first kappa shape index (κ1) is 40.7. The number of carbonyl (C=O) groups is 4. The van der Waals surface area contributed by atoms with Crippen molar-refractivity contribution in [3.63, 3.8) is 0 Å². The molecule has 2 unspecified atom stereocenters. The number of methoxy groups -OCH3 is 2. The number of hydrogen-bond acceptors (Lipinski definition) is 18. The first-order chi connectivity index (χ1) is 31.6. The standard InChI is InChI=1S/2C23H17NO9/c1-31-22(30)23-14(27)6-5-12(25)17(23)19(28)16-13(26)7-9-8-24-18-10(15(9)20(16)32-23)3-2-4-11(18)21(29)33-24;1-31-22(30)23-14(26)6-5-12(25)17(23)20(28)16-13(32-23)7-9-8-24-18-10(15(9)19(16)27)3-2-4-11(18)21(29)33-24/h2*2-4,7,14,26-28H,5-6,8H2,1H3/t2*14-,23?/m00/s1. The molecule has 20 nitrogen and oxygen atoms in total. The number of fused-ring (bicyclic) bond motifs is 9. The molecule has 4 aliphatic heterocycles. The van der Waals surface area contributed by atoms with E-state index >= 15 is 0 Å². The van der Waals surface area contributed by atoms with Gasteiger partial charge in [0, 0.05) is 35.1 Å². The molecule has 2 saturated carbocycles. The second kappa shape index (κ2) is 13.7. The van der Waals surface area contributed by atoms with Crippen LogP contribution in [0.1, 0.15) is 47.9 Å². The van der Waals surface area contributed by atoms with E-state index in [-0.39, 0.29) is 67.1 Å². The van der Waals surface area contributed by atoms with Crippen LogP contribution in [0, 0.1) is 0 Å². The molecule has 2 aromatic heterocycles. The Morgan fingerprint density at radius 3 is 1.67 bits per heavy atom. The van der Waals surface area contributed by atoms with Gasteiger partial charge in [0.1, 0.15) is 57.9 Å². The van der Waals surface area contributed by atoms with Gasteiger partial charge in [0.25, 0.3) is 11.2 Å². The third-order valence-electron chi connectivity index (χ3n) is 13.2. The molecule has 336 valence electrons. The van der Waals surface area contributed by atoms with Crippen LogP contribution in [0.3, 0.4) is 0 Å². The van der Waals surface area contributed by atoms with Gasteiger partial charge in [0.15, 0.2) is 11.6 Å². The van der Waals surface area contributed by atoms with E-state index in [0.717, 1.165) is 14.2 Å². The van der Waals surface area contributed by atoms with E-state index in [9.17, 15) is 59.4 Å². The Labute approximate surface area is 367 Å². The summed E-state index contributed by atoms with van der Waals surface area (Å²) in [6.45, 7) is 0.138. The molecule has 6 N–H and O–H groups in total. The highest BCUT2D eigenvalue weighted by atomic mass is 16.6. The summed E-state index contributed by atoms with van der Waals surface area (Å²) in [5.74, 6) is -5.61. The summed E-state index contributed by atoms with van der Waals surface area (Å²) in [4.78, 5) is 75.8. The quantitative estimate of drug-likeness (QED) is 0.136. The summed E-state index contributed by atoms with van der Waals surface area (Å²) in [7, 11) is 2.16. The molecule has 6 aromatic rings. The summed E-state index contributed by atoms with van der Waals surface area (Å²) in [6, 6.07) is 12.8. The Hall–Kier alpha value is -8.10. The fourth-order valence-electron chi connectivity index (χ4n) is 10.4. The normalized spacial score (nSPS) is 23.0. The van der Waals surface area contributed by atoms with E-state index in [1.54, 1.807) is 36.4 Å². The van der Waals surface area contributed by atoms with Crippen molar-refractivity contribution in [3.05, 3.63) is 103 Å². The van der Waals surface area contributed by atoms with Gasteiger partial charge in [-0.25, -0.2) is 28.7 Å². The van der Waals surface area contributed by atoms with Crippen LogP contribution >= 0.6 is 0 Å². The average Bonchev–Trinajstić information content (AvgIpc) is 3.80. The number of para-hydroxylation sites is 2. The number of carbonyl (C=O) groups excluding carboxylic acids is 4. The predicted octanol–water partition coefficient (Wildman–Crippen LogP) is 3.25. The number of benzene rings is 4. The number of aromatic hydroxyl groups is 2. The highest BCUT2D eigenvalue weighted by Gasteiger charge is 2.63. The lowest BCUT2D eigenvalue weighted by Gasteiger charge is -2.43. The van der Waals surface area contributed by atoms with E-state index in [0.29, 0.717) is 55.2 Å². The number of nitrogens with zero attached hydrogens (tertiary/aromatic N) is 2. The van der Waals surface area contributed by atoms with Gasteiger partial charge in [-0.05, 0) is 48.2 Å². The van der Waals surface area contributed by atoms with Crippen LogP contribution in [-0.2, 0) is 41.7 Å². The van der Waals surface area contributed by atoms with Crippen molar-refractivity contribution in [2.75, 3.05) is 14.2 Å². The van der Waals surface area contributed by atoms with Crippen LogP contribution in [0.25, 0.3) is 55.6 Å². The zero-order valence-corrected chi connectivity index (χ0v) is 34.5. The monoisotopic (exact) mass is 902 g/mol. The first-order valence-corrected chi connectivity index (χ1v) is 20.5. The molecule has 0 bridgehead atoms. The van der Waals surface area contributed by atoms with E-state index in [4.69, 9.17) is 28.0 Å². The van der Waals surface area contributed by atoms with E-state index in [1.165, 1.54) is 21.6 Å². The maximum absolute atomic E-state index is 13.0. The van der Waals surface area contributed by atoms with Gasteiger partial charge in [0.05, 0.1) is 60.3 Å². The number of ketones is 2. The number of rotatable bonds is 2. The van der Waals surface area contributed by atoms with Gasteiger partial charge in [0.2, 0.25) is 0 Å². The number of aliphatic hydroxyl groups excluding tert-OH is 4. The molecule has 6 aliphatic rings. The number of ether oxygens (including phenoxy) is 4. The van der Waals surface area contributed by atoms with Crippen LogP contribution in [0.4, 0.5) is 0 Å². The minimum atomic E-state index is -2.30. The maximum atomic E-state index is 13.0. The van der Waals surface area contributed by atoms with Crippen LogP contribution < -0.4 is 20.7 Å².